The van der Waals surface area contributed by atoms with Gasteiger partial charge in [-0.25, -0.2) is 9.97 Å². The van der Waals surface area contributed by atoms with Crippen molar-refractivity contribution in [3.8, 4) is 6.01 Å². The quantitative estimate of drug-likeness (QED) is 0.794. The number of nitrogens with two attached hydrogens (primary N) is 1. The maximum atomic E-state index is 10.3. The van der Waals surface area contributed by atoms with Crippen molar-refractivity contribution in [2.75, 3.05) is 6.61 Å². The Bertz CT molecular complexity index is 316. The summed E-state index contributed by atoms with van der Waals surface area (Å²) >= 11 is 3.15. The topological polar surface area (TPSA) is 98.3 Å². The van der Waals surface area contributed by atoms with Crippen LogP contribution in [0.2, 0.25) is 0 Å². The van der Waals surface area contributed by atoms with Crippen LogP contribution in [0.25, 0.3) is 0 Å². The van der Waals surface area contributed by atoms with E-state index in [1.807, 2.05) is 0 Å². The zero-order valence-electron chi connectivity index (χ0n) is 7.05. The number of hydrogen-bond acceptors (Lipinski definition) is 5. The molecule has 14 heavy (non-hydrogen) atoms. The van der Waals surface area contributed by atoms with Crippen molar-refractivity contribution < 1.29 is 14.6 Å². The molecule has 0 aliphatic heterocycles. The number of rotatable bonds is 4. The Morgan fingerprint density at radius 1 is 1.64 bits per heavy atom. The summed E-state index contributed by atoms with van der Waals surface area (Å²) in [5, 5.41) is 8.45. The summed E-state index contributed by atoms with van der Waals surface area (Å²) in [4.78, 5) is 17.9. The monoisotopic (exact) mass is 261 g/mol. The molecule has 6 nitrogen and oxygen atoms in total. The third-order valence-corrected chi connectivity index (χ3v) is 1.72. The number of carbonyl (C=O) groups is 1. The van der Waals surface area contributed by atoms with E-state index in [9.17, 15) is 4.79 Å². The van der Waals surface area contributed by atoms with Crippen molar-refractivity contribution in [3.63, 3.8) is 0 Å². The van der Waals surface area contributed by atoms with E-state index in [0.29, 0.717) is 4.47 Å². The molecule has 3 N–H and O–H groups in total. The molecule has 0 saturated heterocycles. The Balaban J connectivity index is 2.46. The highest BCUT2D eigenvalue weighted by molar-refractivity contribution is 9.10. The molecule has 0 spiro atoms. The van der Waals surface area contributed by atoms with E-state index in [1.165, 1.54) is 12.4 Å². The number of aromatic nitrogens is 2. The van der Waals surface area contributed by atoms with Crippen molar-refractivity contribution in [2.45, 2.75) is 6.04 Å². The van der Waals surface area contributed by atoms with Gasteiger partial charge in [0.15, 0.2) is 0 Å². The van der Waals surface area contributed by atoms with Gasteiger partial charge in [0.25, 0.3) is 0 Å². The van der Waals surface area contributed by atoms with Gasteiger partial charge in [-0.2, -0.15) is 0 Å². The normalized spacial score (nSPS) is 12.1. The molecule has 0 amide bonds. The summed E-state index contributed by atoms with van der Waals surface area (Å²) < 4.78 is 5.65. The van der Waals surface area contributed by atoms with Crippen LogP contribution < -0.4 is 10.5 Å². The number of halogens is 1. The molecule has 0 bridgehead atoms. The summed E-state index contributed by atoms with van der Waals surface area (Å²) in [5.41, 5.74) is 5.20. The summed E-state index contributed by atoms with van der Waals surface area (Å²) in [7, 11) is 0. The second-order valence-corrected chi connectivity index (χ2v) is 3.36. The van der Waals surface area contributed by atoms with Gasteiger partial charge in [0.2, 0.25) is 0 Å². The highest BCUT2D eigenvalue weighted by Gasteiger charge is 2.12. The first-order valence-corrected chi connectivity index (χ1v) is 4.47. The maximum Gasteiger partial charge on any atom is 0.324 e. The van der Waals surface area contributed by atoms with E-state index < -0.39 is 12.0 Å². The fraction of sp³-hybridized carbons (Fsp3) is 0.286. The Kier molecular flexibility index (Phi) is 3.78. The van der Waals surface area contributed by atoms with Gasteiger partial charge >= 0.3 is 12.0 Å². The third kappa shape index (κ3) is 3.27. The van der Waals surface area contributed by atoms with Gasteiger partial charge in [-0.05, 0) is 15.9 Å². The number of nitrogens with zero attached hydrogens (tertiary/aromatic N) is 2. The van der Waals surface area contributed by atoms with Gasteiger partial charge in [0, 0.05) is 12.4 Å². The molecule has 7 heteroatoms. The first-order valence-electron chi connectivity index (χ1n) is 3.68. The first kappa shape index (κ1) is 10.9. The van der Waals surface area contributed by atoms with E-state index in [-0.39, 0.29) is 12.6 Å². The lowest BCUT2D eigenvalue weighted by atomic mass is 10.3. The molecule has 0 aliphatic carbocycles. The molecular formula is C7H8BrN3O3. The van der Waals surface area contributed by atoms with Gasteiger partial charge in [0.05, 0.1) is 4.47 Å². The predicted octanol–water partition coefficient (Wildman–Crippen LogP) is 0.0298. The van der Waals surface area contributed by atoms with Crippen LogP contribution in [0.5, 0.6) is 6.01 Å². The zero-order valence-corrected chi connectivity index (χ0v) is 8.64. The SMILES string of the molecule is NC(COc1ncc(Br)cn1)C(=O)O. The van der Waals surface area contributed by atoms with Crippen LogP contribution in [-0.4, -0.2) is 33.7 Å². The van der Waals surface area contributed by atoms with Crippen LogP contribution in [0.1, 0.15) is 0 Å². The Morgan fingerprint density at radius 3 is 2.71 bits per heavy atom. The highest BCUT2D eigenvalue weighted by atomic mass is 79.9. The minimum Gasteiger partial charge on any atom is -0.480 e. The van der Waals surface area contributed by atoms with Crippen molar-refractivity contribution in [2.24, 2.45) is 5.73 Å². The molecule has 0 fully saturated rings. The lowest BCUT2D eigenvalue weighted by Gasteiger charge is -2.06. The zero-order chi connectivity index (χ0) is 10.6. The van der Waals surface area contributed by atoms with Crippen LogP contribution in [0.3, 0.4) is 0 Å². The number of aliphatic carboxylic acids is 1. The first-order chi connectivity index (χ1) is 6.59. The molecule has 0 saturated carbocycles. The molecule has 1 unspecified atom stereocenters. The lowest BCUT2D eigenvalue weighted by molar-refractivity contribution is -0.139. The second-order valence-electron chi connectivity index (χ2n) is 2.44. The average Bonchev–Trinajstić information content (AvgIpc) is 2.16. The molecule has 1 aromatic heterocycles. The molecule has 1 aromatic rings. The smallest absolute Gasteiger partial charge is 0.324 e. The fourth-order valence-corrected chi connectivity index (χ4v) is 0.815. The van der Waals surface area contributed by atoms with Crippen molar-refractivity contribution >= 4 is 21.9 Å². The van der Waals surface area contributed by atoms with Crippen LogP contribution >= 0.6 is 15.9 Å². The Hall–Kier alpha value is -1.21. The van der Waals surface area contributed by atoms with E-state index in [0.717, 1.165) is 0 Å². The maximum absolute atomic E-state index is 10.3. The summed E-state index contributed by atoms with van der Waals surface area (Å²) in [6.07, 6.45) is 2.99. The third-order valence-electron chi connectivity index (χ3n) is 1.31. The van der Waals surface area contributed by atoms with Crippen molar-refractivity contribution in [3.05, 3.63) is 16.9 Å². The summed E-state index contributed by atoms with van der Waals surface area (Å²) in [6, 6.07) is -0.966. The van der Waals surface area contributed by atoms with Crippen LogP contribution in [-0.2, 0) is 4.79 Å². The van der Waals surface area contributed by atoms with E-state index in [4.69, 9.17) is 15.6 Å². The van der Waals surface area contributed by atoms with Gasteiger partial charge in [-0.1, -0.05) is 0 Å². The summed E-state index contributed by atoms with van der Waals surface area (Å²) in [6.45, 7) is -0.156. The summed E-state index contributed by atoms with van der Waals surface area (Å²) in [5.74, 6) is -1.12. The largest absolute Gasteiger partial charge is 0.480 e. The molecule has 0 radical (unpaired) electrons. The number of hydrogen-bond donors (Lipinski definition) is 2. The minimum atomic E-state index is -1.12. The van der Waals surface area contributed by atoms with Crippen LogP contribution in [0, 0.1) is 0 Å². The van der Waals surface area contributed by atoms with E-state index in [1.54, 1.807) is 0 Å². The molecule has 1 atom stereocenters. The van der Waals surface area contributed by atoms with Gasteiger partial charge < -0.3 is 15.6 Å². The second kappa shape index (κ2) is 4.87. The standard InChI is InChI=1S/C7H8BrN3O3/c8-4-1-10-7(11-2-4)14-3-5(9)6(12)13/h1-2,5H,3,9H2,(H,12,13). The Morgan fingerprint density at radius 2 is 2.21 bits per heavy atom. The molecular weight excluding hydrogens is 254 g/mol. The molecule has 1 heterocycles. The molecule has 0 aliphatic rings. The van der Waals surface area contributed by atoms with Crippen LogP contribution in [0.4, 0.5) is 0 Å². The fourth-order valence-electron chi connectivity index (χ4n) is 0.611. The van der Waals surface area contributed by atoms with Gasteiger partial charge in [-0.3, -0.25) is 4.79 Å². The predicted molar refractivity (Wildman–Crippen MR) is 50.8 cm³/mol. The highest BCUT2D eigenvalue weighted by Crippen LogP contribution is 2.08. The minimum absolute atomic E-state index is 0.102. The number of carboxylic acids is 1. The van der Waals surface area contributed by atoms with Crippen LogP contribution in [0.15, 0.2) is 16.9 Å². The number of carboxylic acid groups (broad SMARTS) is 1. The average molecular weight is 262 g/mol. The number of ether oxygens (including phenoxy) is 1. The molecule has 1 rings (SSSR count). The van der Waals surface area contributed by atoms with E-state index in [2.05, 4.69) is 25.9 Å². The van der Waals surface area contributed by atoms with Gasteiger partial charge in [0.1, 0.15) is 12.6 Å². The lowest BCUT2D eigenvalue weighted by Crippen LogP contribution is -2.36. The van der Waals surface area contributed by atoms with Crippen molar-refractivity contribution in [1.82, 2.24) is 9.97 Å². The Labute approximate surface area is 88.2 Å². The molecule has 76 valence electrons. The van der Waals surface area contributed by atoms with Crippen molar-refractivity contribution in [1.29, 1.82) is 0 Å². The van der Waals surface area contributed by atoms with Gasteiger partial charge in [-0.15, -0.1) is 0 Å². The van der Waals surface area contributed by atoms with E-state index >= 15 is 0 Å². The molecule has 0 aromatic carbocycles.